The van der Waals surface area contributed by atoms with E-state index in [0.29, 0.717) is 6.54 Å². The van der Waals surface area contributed by atoms with Crippen LogP contribution < -0.4 is 15.0 Å². The van der Waals surface area contributed by atoms with Crippen molar-refractivity contribution in [2.75, 3.05) is 23.9 Å². The molecule has 0 unspecified atom stereocenters. The van der Waals surface area contributed by atoms with E-state index in [-0.39, 0.29) is 0 Å². The standard InChI is InChI=1S/C21H22N4O/c1-26-19-9-5-4-7-17(19)13-22-20-12-21(24-15-23-20)25-11-10-16-6-2-3-8-18(16)14-25/h2-9,12,15H,10-11,13-14H2,1H3,(H,22,23,24). The molecule has 2 aromatic carbocycles. The molecule has 2 heterocycles. The maximum Gasteiger partial charge on any atom is 0.134 e. The van der Waals surface area contributed by atoms with Crippen molar-refractivity contribution in [3.05, 3.63) is 77.6 Å². The number of benzene rings is 2. The number of aromatic nitrogens is 2. The van der Waals surface area contributed by atoms with Gasteiger partial charge >= 0.3 is 0 Å². The second kappa shape index (κ2) is 7.44. The fraction of sp³-hybridized carbons (Fsp3) is 0.238. The zero-order valence-electron chi connectivity index (χ0n) is 14.9. The van der Waals surface area contributed by atoms with Crippen LogP contribution in [0.1, 0.15) is 16.7 Å². The van der Waals surface area contributed by atoms with Crippen molar-refractivity contribution >= 4 is 11.6 Å². The predicted octanol–water partition coefficient (Wildman–Crippen LogP) is 3.66. The largest absolute Gasteiger partial charge is 0.496 e. The molecule has 3 aromatic rings. The average Bonchev–Trinajstić information content (AvgIpc) is 2.72. The molecule has 5 heteroatoms. The van der Waals surface area contributed by atoms with E-state index in [2.05, 4.69) is 50.5 Å². The van der Waals surface area contributed by atoms with Gasteiger partial charge in [-0.05, 0) is 23.6 Å². The van der Waals surface area contributed by atoms with Gasteiger partial charge in [0.2, 0.25) is 0 Å². The van der Waals surface area contributed by atoms with E-state index in [1.54, 1.807) is 13.4 Å². The van der Waals surface area contributed by atoms with Crippen molar-refractivity contribution in [3.8, 4) is 5.75 Å². The van der Waals surface area contributed by atoms with Crippen LogP contribution in [0.3, 0.4) is 0 Å². The lowest BCUT2D eigenvalue weighted by Crippen LogP contribution is -2.31. The number of ether oxygens (including phenoxy) is 1. The highest BCUT2D eigenvalue weighted by Crippen LogP contribution is 2.24. The molecule has 1 N–H and O–H groups in total. The molecule has 1 aliphatic heterocycles. The Hall–Kier alpha value is -3.08. The number of fused-ring (bicyclic) bond motifs is 1. The Morgan fingerprint density at radius 3 is 2.73 bits per heavy atom. The van der Waals surface area contributed by atoms with E-state index >= 15 is 0 Å². The SMILES string of the molecule is COc1ccccc1CNc1cc(N2CCc3ccccc3C2)ncn1. The van der Waals surface area contributed by atoms with Crippen molar-refractivity contribution in [2.24, 2.45) is 0 Å². The first kappa shape index (κ1) is 16.4. The molecule has 4 rings (SSSR count). The fourth-order valence-corrected chi connectivity index (χ4v) is 3.34. The summed E-state index contributed by atoms with van der Waals surface area (Å²) in [5.41, 5.74) is 3.91. The van der Waals surface area contributed by atoms with Crippen LogP contribution in [0.4, 0.5) is 11.6 Å². The van der Waals surface area contributed by atoms with Gasteiger partial charge in [-0.3, -0.25) is 0 Å². The Balaban J connectivity index is 1.47. The summed E-state index contributed by atoms with van der Waals surface area (Å²) in [5, 5.41) is 3.38. The average molecular weight is 346 g/mol. The second-order valence-corrected chi connectivity index (χ2v) is 6.37. The fourth-order valence-electron chi connectivity index (χ4n) is 3.34. The third kappa shape index (κ3) is 3.47. The van der Waals surface area contributed by atoms with Gasteiger partial charge in [0.05, 0.1) is 7.11 Å². The van der Waals surface area contributed by atoms with Gasteiger partial charge in [-0.2, -0.15) is 0 Å². The van der Waals surface area contributed by atoms with Crippen molar-refractivity contribution in [1.82, 2.24) is 9.97 Å². The van der Waals surface area contributed by atoms with E-state index in [9.17, 15) is 0 Å². The zero-order chi connectivity index (χ0) is 17.8. The molecular formula is C21H22N4O. The number of para-hydroxylation sites is 1. The maximum atomic E-state index is 5.40. The van der Waals surface area contributed by atoms with Crippen molar-refractivity contribution in [3.63, 3.8) is 0 Å². The van der Waals surface area contributed by atoms with Gasteiger partial charge in [0.25, 0.3) is 0 Å². The first-order chi connectivity index (χ1) is 12.8. The molecule has 5 nitrogen and oxygen atoms in total. The number of hydrogen-bond acceptors (Lipinski definition) is 5. The molecule has 0 aliphatic carbocycles. The lowest BCUT2D eigenvalue weighted by molar-refractivity contribution is 0.410. The topological polar surface area (TPSA) is 50.3 Å². The summed E-state index contributed by atoms with van der Waals surface area (Å²) in [5.74, 6) is 2.65. The zero-order valence-corrected chi connectivity index (χ0v) is 14.9. The monoisotopic (exact) mass is 346 g/mol. The minimum atomic E-state index is 0.656. The van der Waals surface area contributed by atoms with Crippen LogP contribution in [-0.2, 0) is 19.5 Å². The Morgan fingerprint density at radius 1 is 1.04 bits per heavy atom. The van der Waals surface area contributed by atoms with Crippen LogP contribution in [0, 0.1) is 0 Å². The second-order valence-electron chi connectivity index (χ2n) is 6.37. The summed E-state index contributed by atoms with van der Waals surface area (Å²) in [4.78, 5) is 11.1. The number of anilines is 2. The molecule has 1 aliphatic rings. The molecule has 0 radical (unpaired) electrons. The molecular weight excluding hydrogens is 324 g/mol. The van der Waals surface area contributed by atoms with E-state index < -0.39 is 0 Å². The minimum Gasteiger partial charge on any atom is -0.496 e. The van der Waals surface area contributed by atoms with Crippen LogP contribution in [-0.4, -0.2) is 23.6 Å². The van der Waals surface area contributed by atoms with Crippen molar-refractivity contribution in [2.45, 2.75) is 19.5 Å². The Morgan fingerprint density at radius 2 is 1.85 bits per heavy atom. The van der Waals surface area contributed by atoms with Gasteiger partial charge in [0, 0.05) is 31.3 Å². The predicted molar refractivity (Wildman–Crippen MR) is 104 cm³/mol. The van der Waals surface area contributed by atoms with Gasteiger partial charge in [0.1, 0.15) is 23.7 Å². The van der Waals surface area contributed by atoms with Crippen LogP contribution in [0.25, 0.3) is 0 Å². The maximum absolute atomic E-state index is 5.40. The summed E-state index contributed by atoms with van der Waals surface area (Å²) >= 11 is 0. The Labute approximate surface area is 153 Å². The summed E-state index contributed by atoms with van der Waals surface area (Å²) in [6.07, 6.45) is 2.67. The lowest BCUT2D eigenvalue weighted by atomic mass is 10.00. The molecule has 1 aromatic heterocycles. The number of nitrogens with zero attached hydrogens (tertiary/aromatic N) is 3. The first-order valence-electron chi connectivity index (χ1n) is 8.83. The van der Waals surface area contributed by atoms with Gasteiger partial charge in [-0.1, -0.05) is 42.5 Å². The van der Waals surface area contributed by atoms with E-state index in [1.807, 2.05) is 24.3 Å². The lowest BCUT2D eigenvalue weighted by Gasteiger charge is -2.29. The van der Waals surface area contributed by atoms with Crippen LogP contribution in [0.15, 0.2) is 60.9 Å². The number of methoxy groups -OCH3 is 1. The highest BCUT2D eigenvalue weighted by atomic mass is 16.5. The normalized spacial score (nSPS) is 13.2. The molecule has 0 atom stereocenters. The van der Waals surface area contributed by atoms with E-state index in [0.717, 1.165) is 42.5 Å². The number of hydrogen-bond donors (Lipinski definition) is 1. The Bertz CT molecular complexity index is 896. The van der Waals surface area contributed by atoms with E-state index in [4.69, 9.17) is 4.74 Å². The van der Waals surface area contributed by atoms with Crippen LogP contribution in [0.5, 0.6) is 5.75 Å². The third-order valence-electron chi connectivity index (χ3n) is 4.76. The summed E-state index contributed by atoms with van der Waals surface area (Å²) < 4.78 is 5.40. The highest BCUT2D eigenvalue weighted by molar-refractivity contribution is 5.51. The van der Waals surface area contributed by atoms with Gasteiger partial charge in [-0.15, -0.1) is 0 Å². The summed E-state index contributed by atoms with van der Waals surface area (Å²) in [6.45, 7) is 2.52. The van der Waals surface area contributed by atoms with Gasteiger partial charge < -0.3 is 15.0 Å². The first-order valence-corrected chi connectivity index (χ1v) is 8.83. The third-order valence-corrected chi connectivity index (χ3v) is 4.76. The van der Waals surface area contributed by atoms with Crippen LogP contribution in [0.2, 0.25) is 0 Å². The van der Waals surface area contributed by atoms with Crippen molar-refractivity contribution < 1.29 is 4.74 Å². The van der Waals surface area contributed by atoms with Gasteiger partial charge in [0.15, 0.2) is 0 Å². The summed E-state index contributed by atoms with van der Waals surface area (Å²) in [6, 6.07) is 18.6. The molecule has 0 fully saturated rings. The molecule has 0 spiro atoms. The quantitative estimate of drug-likeness (QED) is 0.764. The van der Waals surface area contributed by atoms with Crippen LogP contribution >= 0.6 is 0 Å². The molecule has 0 amide bonds. The number of rotatable bonds is 5. The Kier molecular flexibility index (Phi) is 4.69. The molecule has 26 heavy (non-hydrogen) atoms. The highest BCUT2D eigenvalue weighted by Gasteiger charge is 2.17. The smallest absolute Gasteiger partial charge is 0.134 e. The molecule has 0 saturated heterocycles. The molecule has 132 valence electrons. The van der Waals surface area contributed by atoms with Crippen molar-refractivity contribution in [1.29, 1.82) is 0 Å². The van der Waals surface area contributed by atoms with E-state index in [1.165, 1.54) is 11.1 Å². The molecule has 0 bridgehead atoms. The number of nitrogens with one attached hydrogen (secondary N) is 1. The molecule has 0 saturated carbocycles. The summed E-state index contributed by atoms with van der Waals surface area (Å²) in [7, 11) is 1.69. The minimum absolute atomic E-state index is 0.656. The van der Waals surface area contributed by atoms with Gasteiger partial charge in [-0.25, -0.2) is 9.97 Å².